The topological polar surface area (TPSA) is 15.3 Å². The number of rotatable bonds is 7. The van der Waals surface area contributed by atoms with Gasteiger partial charge in [0, 0.05) is 29.3 Å². The summed E-state index contributed by atoms with van der Waals surface area (Å²) < 4.78 is 69.1. The highest BCUT2D eigenvalue weighted by Gasteiger charge is 2.50. The van der Waals surface area contributed by atoms with Gasteiger partial charge in [0.05, 0.1) is 11.6 Å². The summed E-state index contributed by atoms with van der Waals surface area (Å²) in [6.45, 7) is 6.46. The fraction of sp³-hybridized carbons (Fsp3) is 0.462. The Labute approximate surface area is 191 Å². The lowest BCUT2D eigenvalue weighted by atomic mass is 9.68. The van der Waals surface area contributed by atoms with Gasteiger partial charge in [-0.3, -0.25) is 4.90 Å². The van der Waals surface area contributed by atoms with E-state index in [4.69, 9.17) is 0 Å². The van der Waals surface area contributed by atoms with E-state index >= 15 is 0 Å². The normalized spacial score (nSPS) is 19.7. The van der Waals surface area contributed by atoms with E-state index in [2.05, 4.69) is 16.8 Å². The minimum atomic E-state index is -4.79. The molecule has 2 aromatic rings. The van der Waals surface area contributed by atoms with Crippen molar-refractivity contribution >= 4 is 5.70 Å². The molecule has 1 saturated heterocycles. The lowest BCUT2D eigenvalue weighted by Gasteiger charge is -2.54. The molecule has 1 aliphatic heterocycles. The molecule has 33 heavy (non-hydrogen) atoms. The SMILES string of the molecule is C=C(NC(c1ccccc1)C1(N2CCCC2)CCC1)c1ccc(C(C)(F)F)cc1C(F)(F)F. The minimum Gasteiger partial charge on any atom is -0.376 e. The van der Waals surface area contributed by atoms with Crippen LogP contribution in [0.25, 0.3) is 5.70 Å². The van der Waals surface area contributed by atoms with Crippen LogP contribution < -0.4 is 5.32 Å². The van der Waals surface area contributed by atoms with Gasteiger partial charge < -0.3 is 5.32 Å². The smallest absolute Gasteiger partial charge is 0.376 e. The molecule has 2 aromatic carbocycles. The largest absolute Gasteiger partial charge is 0.417 e. The molecule has 4 rings (SSSR count). The first-order valence-electron chi connectivity index (χ1n) is 11.4. The molecule has 0 radical (unpaired) electrons. The number of alkyl halides is 5. The molecular formula is C26H29F5N2. The number of hydrogen-bond donors (Lipinski definition) is 1. The van der Waals surface area contributed by atoms with Crippen molar-refractivity contribution in [3.8, 4) is 0 Å². The zero-order valence-electron chi connectivity index (χ0n) is 18.7. The second-order valence-electron chi connectivity index (χ2n) is 9.26. The van der Waals surface area contributed by atoms with Crippen LogP contribution in [0.15, 0.2) is 55.1 Å². The predicted octanol–water partition coefficient (Wildman–Crippen LogP) is 7.14. The Morgan fingerprint density at radius 3 is 2.12 bits per heavy atom. The molecule has 1 N–H and O–H groups in total. The fourth-order valence-electron chi connectivity index (χ4n) is 5.23. The second kappa shape index (κ2) is 8.75. The van der Waals surface area contributed by atoms with Gasteiger partial charge in [0.25, 0.3) is 5.92 Å². The average Bonchev–Trinajstić information content (AvgIpc) is 3.26. The van der Waals surface area contributed by atoms with Crippen LogP contribution in [0.4, 0.5) is 22.0 Å². The van der Waals surface area contributed by atoms with Gasteiger partial charge in [-0.2, -0.15) is 13.2 Å². The monoisotopic (exact) mass is 464 g/mol. The summed E-state index contributed by atoms with van der Waals surface area (Å²) >= 11 is 0. The second-order valence-corrected chi connectivity index (χ2v) is 9.26. The van der Waals surface area contributed by atoms with Gasteiger partial charge in [-0.25, -0.2) is 8.78 Å². The quantitative estimate of drug-likeness (QED) is 0.438. The maximum absolute atomic E-state index is 13.9. The van der Waals surface area contributed by atoms with Crippen molar-refractivity contribution < 1.29 is 22.0 Å². The lowest BCUT2D eigenvalue weighted by molar-refractivity contribution is -0.138. The zero-order valence-corrected chi connectivity index (χ0v) is 18.7. The Bertz CT molecular complexity index is 984. The Morgan fingerprint density at radius 2 is 1.61 bits per heavy atom. The summed E-state index contributed by atoms with van der Waals surface area (Å²) in [4.78, 5) is 2.46. The number of nitrogens with zero attached hydrogens (tertiary/aromatic N) is 1. The van der Waals surface area contributed by atoms with Gasteiger partial charge in [0.15, 0.2) is 0 Å². The van der Waals surface area contributed by atoms with Crippen LogP contribution in [-0.2, 0) is 12.1 Å². The first kappa shape index (κ1) is 23.7. The van der Waals surface area contributed by atoms with Crippen molar-refractivity contribution in [1.82, 2.24) is 10.2 Å². The van der Waals surface area contributed by atoms with E-state index in [1.54, 1.807) is 0 Å². The van der Waals surface area contributed by atoms with Crippen molar-refractivity contribution in [1.29, 1.82) is 0 Å². The van der Waals surface area contributed by atoms with E-state index in [0.717, 1.165) is 62.9 Å². The third kappa shape index (κ3) is 4.65. The van der Waals surface area contributed by atoms with Crippen LogP contribution >= 0.6 is 0 Å². The molecule has 2 nitrogen and oxygen atoms in total. The first-order valence-corrected chi connectivity index (χ1v) is 11.4. The standard InChI is InChI=1S/C26H29F5N2/c1-18(21-12-11-20(24(2,27)28)17-22(21)26(29,30)31)32-23(19-9-4-3-5-10-19)25(13-8-14-25)33-15-6-7-16-33/h3-5,9-12,17,23,32H,1,6-8,13-16H2,2H3. The molecule has 7 heteroatoms. The molecule has 0 aromatic heterocycles. The van der Waals surface area contributed by atoms with Gasteiger partial charge in [0.1, 0.15) is 0 Å². The molecular weight excluding hydrogens is 435 g/mol. The zero-order chi connectivity index (χ0) is 23.9. The molecule has 0 bridgehead atoms. The molecule has 178 valence electrons. The molecule has 0 spiro atoms. The minimum absolute atomic E-state index is 0.0904. The molecule has 1 heterocycles. The molecule has 1 unspecified atom stereocenters. The third-order valence-corrected chi connectivity index (χ3v) is 7.10. The van der Waals surface area contributed by atoms with E-state index in [-0.39, 0.29) is 22.8 Å². The molecule has 2 fully saturated rings. The summed E-state index contributed by atoms with van der Waals surface area (Å²) in [5.74, 6) is -3.37. The number of likely N-dealkylation sites (tertiary alicyclic amines) is 1. The summed E-state index contributed by atoms with van der Waals surface area (Å²) in [5.41, 5.74) is -1.10. The Hall–Kier alpha value is -2.41. The highest BCUT2D eigenvalue weighted by molar-refractivity contribution is 5.67. The Kier molecular flexibility index (Phi) is 6.29. The Morgan fingerprint density at radius 1 is 0.970 bits per heavy atom. The van der Waals surface area contributed by atoms with E-state index < -0.39 is 23.2 Å². The maximum atomic E-state index is 13.9. The molecule has 0 amide bonds. The van der Waals surface area contributed by atoms with Crippen LogP contribution in [0.3, 0.4) is 0 Å². The van der Waals surface area contributed by atoms with Crippen molar-refractivity contribution in [2.45, 2.75) is 62.7 Å². The van der Waals surface area contributed by atoms with Gasteiger partial charge >= 0.3 is 6.18 Å². The number of hydrogen-bond acceptors (Lipinski definition) is 2. The third-order valence-electron chi connectivity index (χ3n) is 7.10. The summed E-state index contributed by atoms with van der Waals surface area (Å²) in [5, 5.41) is 3.32. The highest BCUT2D eigenvalue weighted by atomic mass is 19.4. The van der Waals surface area contributed by atoms with Crippen LogP contribution in [0.1, 0.15) is 67.3 Å². The predicted molar refractivity (Wildman–Crippen MR) is 120 cm³/mol. The molecule has 2 aliphatic rings. The number of benzene rings is 2. The molecule has 1 saturated carbocycles. The molecule has 1 aliphatic carbocycles. The van der Waals surface area contributed by atoms with Crippen LogP contribution in [-0.4, -0.2) is 23.5 Å². The Balaban J connectivity index is 1.72. The van der Waals surface area contributed by atoms with Crippen LogP contribution in [0, 0.1) is 0 Å². The van der Waals surface area contributed by atoms with Crippen LogP contribution in [0.2, 0.25) is 0 Å². The van der Waals surface area contributed by atoms with Crippen molar-refractivity contribution in [3.63, 3.8) is 0 Å². The van der Waals surface area contributed by atoms with Gasteiger partial charge in [-0.1, -0.05) is 49.0 Å². The van der Waals surface area contributed by atoms with Gasteiger partial charge in [-0.15, -0.1) is 0 Å². The molecule has 1 atom stereocenters. The number of nitrogens with one attached hydrogen (secondary N) is 1. The fourth-order valence-corrected chi connectivity index (χ4v) is 5.23. The van der Waals surface area contributed by atoms with Crippen molar-refractivity contribution in [3.05, 3.63) is 77.4 Å². The van der Waals surface area contributed by atoms with Gasteiger partial charge in [0.2, 0.25) is 0 Å². The van der Waals surface area contributed by atoms with Crippen molar-refractivity contribution in [2.75, 3.05) is 13.1 Å². The number of halogens is 5. The highest BCUT2D eigenvalue weighted by Crippen LogP contribution is 2.49. The summed E-state index contributed by atoms with van der Waals surface area (Å²) in [6.07, 6.45) is 0.374. The lowest BCUT2D eigenvalue weighted by Crippen LogP contribution is -2.59. The van der Waals surface area contributed by atoms with Gasteiger partial charge in [-0.05, 0) is 56.8 Å². The van der Waals surface area contributed by atoms with E-state index in [1.165, 1.54) is 0 Å². The van der Waals surface area contributed by atoms with E-state index in [9.17, 15) is 22.0 Å². The summed E-state index contributed by atoms with van der Waals surface area (Å²) in [6, 6.07) is 12.1. The van der Waals surface area contributed by atoms with Crippen LogP contribution in [0.5, 0.6) is 0 Å². The first-order chi connectivity index (χ1) is 15.5. The van der Waals surface area contributed by atoms with Crippen molar-refractivity contribution in [2.24, 2.45) is 0 Å². The average molecular weight is 465 g/mol. The van der Waals surface area contributed by atoms with E-state index in [0.29, 0.717) is 13.0 Å². The maximum Gasteiger partial charge on any atom is 0.417 e. The van der Waals surface area contributed by atoms with E-state index in [1.807, 2.05) is 30.3 Å². The summed E-state index contributed by atoms with van der Waals surface area (Å²) in [7, 11) is 0.